The Kier molecular flexibility index (Phi) is 4.53. The maximum absolute atomic E-state index is 11.1. The van der Waals surface area contributed by atoms with Gasteiger partial charge in [0.2, 0.25) is 0 Å². The minimum Gasteiger partial charge on any atom is -0.377 e. The molecular formula is C14H18N4O2. The Balaban J connectivity index is 2.03. The predicted octanol–water partition coefficient (Wildman–Crippen LogP) is 2.30. The zero-order valence-electron chi connectivity index (χ0n) is 11.5. The Hall–Kier alpha value is -2.13. The van der Waals surface area contributed by atoms with Gasteiger partial charge in [-0.25, -0.2) is 0 Å². The lowest BCUT2D eigenvalue weighted by atomic mass is 10.0. The Labute approximate surface area is 118 Å². The largest absolute Gasteiger partial charge is 0.377 e. The van der Waals surface area contributed by atoms with E-state index < -0.39 is 0 Å². The number of benzene rings is 1. The average molecular weight is 274 g/mol. The lowest BCUT2D eigenvalue weighted by Gasteiger charge is -2.31. The fraction of sp³-hybridized carbons (Fsp3) is 0.500. The van der Waals surface area contributed by atoms with E-state index in [4.69, 9.17) is 5.26 Å². The van der Waals surface area contributed by atoms with Crippen LogP contribution in [0.2, 0.25) is 0 Å². The van der Waals surface area contributed by atoms with Gasteiger partial charge in [-0.3, -0.25) is 15.0 Å². The highest BCUT2D eigenvalue weighted by Crippen LogP contribution is 2.29. The summed E-state index contributed by atoms with van der Waals surface area (Å²) in [6.07, 6.45) is 1.79. The number of rotatable bonds is 4. The standard InChI is InChI=1S/C14H18N4O2/c1-11-3-2-4-13(14(11)18(19)20)16-12-5-8-17(9-6-12)10-7-15/h2-4,12,16H,5-6,8-10H2,1H3. The van der Waals surface area contributed by atoms with Crippen LogP contribution < -0.4 is 5.32 Å². The van der Waals surface area contributed by atoms with Crippen LogP contribution in [0, 0.1) is 28.4 Å². The first kappa shape index (κ1) is 14.3. The van der Waals surface area contributed by atoms with Crippen LogP contribution in [0.1, 0.15) is 18.4 Å². The van der Waals surface area contributed by atoms with Crippen molar-refractivity contribution in [3.8, 4) is 6.07 Å². The van der Waals surface area contributed by atoms with Crippen LogP contribution in [0.5, 0.6) is 0 Å². The molecule has 1 N–H and O–H groups in total. The summed E-state index contributed by atoms with van der Waals surface area (Å²) in [5.41, 5.74) is 1.42. The first-order chi connectivity index (χ1) is 9.61. The summed E-state index contributed by atoms with van der Waals surface area (Å²) in [6.45, 7) is 3.91. The molecule has 1 fully saturated rings. The van der Waals surface area contributed by atoms with Crippen molar-refractivity contribution in [2.45, 2.75) is 25.8 Å². The van der Waals surface area contributed by atoms with Crippen LogP contribution in [0.4, 0.5) is 11.4 Å². The number of nitrogens with one attached hydrogen (secondary N) is 1. The summed E-state index contributed by atoms with van der Waals surface area (Å²) < 4.78 is 0. The SMILES string of the molecule is Cc1cccc(NC2CCN(CC#N)CC2)c1[N+](=O)[O-]. The van der Waals surface area contributed by atoms with Gasteiger partial charge in [0.15, 0.2) is 0 Å². The van der Waals surface area contributed by atoms with Crippen LogP contribution in [-0.2, 0) is 0 Å². The molecule has 6 nitrogen and oxygen atoms in total. The summed E-state index contributed by atoms with van der Waals surface area (Å²) >= 11 is 0. The number of anilines is 1. The highest BCUT2D eigenvalue weighted by molar-refractivity contribution is 5.65. The molecule has 106 valence electrons. The van der Waals surface area contributed by atoms with E-state index in [2.05, 4.69) is 16.3 Å². The highest BCUT2D eigenvalue weighted by Gasteiger charge is 2.22. The molecule has 0 saturated carbocycles. The molecule has 20 heavy (non-hydrogen) atoms. The second kappa shape index (κ2) is 6.35. The summed E-state index contributed by atoms with van der Waals surface area (Å²) in [5.74, 6) is 0. The van der Waals surface area contributed by atoms with Gasteiger partial charge in [-0.2, -0.15) is 5.26 Å². The molecule has 0 spiro atoms. The summed E-state index contributed by atoms with van der Waals surface area (Å²) in [4.78, 5) is 12.9. The molecule has 0 aromatic heterocycles. The number of likely N-dealkylation sites (tertiary alicyclic amines) is 1. The van der Waals surface area contributed by atoms with Crippen molar-refractivity contribution >= 4 is 11.4 Å². The minimum absolute atomic E-state index is 0.159. The van der Waals surface area contributed by atoms with Crippen LogP contribution in [0.3, 0.4) is 0 Å². The van der Waals surface area contributed by atoms with Crippen LogP contribution >= 0.6 is 0 Å². The van der Waals surface area contributed by atoms with Gasteiger partial charge in [0.1, 0.15) is 5.69 Å². The predicted molar refractivity (Wildman–Crippen MR) is 76.5 cm³/mol. The quantitative estimate of drug-likeness (QED) is 0.517. The molecule has 0 unspecified atom stereocenters. The molecular weight excluding hydrogens is 256 g/mol. The first-order valence-corrected chi connectivity index (χ1v) is 6.71. The molecule has 1 aliphatic heterocycles. The van der Waals surface area contributed by atoms with E-state index in [9.17, 15) is 10.1 Å². The topological polar surface area (TPSA) is 82.2 Å². The highest BCUT2D eigenvalue weighted by atomic mass is 16.6. The molecule has 0 amide bonds. The zero-order chi connectivity index (χ0) is 14.5. The van der Waals surface area contributed by atoms with E-state index in [-0.39, 0.29) is 16.7 Å². The average Bonchev–Trinajstić information content (AvgIpc) is 2.41. The molecule has 1 aromatic rings. The van der Waals surface area contributed by atoms with Crippen molar-refractivity contribution < 1.29 is 4.92 Å². The zero-order valence-corrected chi connectivity index (χ0v) is 11.5. The monoisotopic (exact) mass is 274 g/mol. The molecule has 1 aliphatic rings. The van der Waals surface area contributed by atoms with Gasteiger partial charge in [0.25, 0.3) is 5.69 Å². The summed E-state index contributed by atoms with van der Waals surface area (Å²) in [7, 11) is 0. The van der Waals surface area contributed by atoms with Crippen molar-refractivity contribution in [1.29, 1.82) is 5.26 Å². The molecule has 1 aromatic carbocycles. The normalized spacial score (nSPS) is 16.6. The summed E-state index contributed by atoms with van der Waals surface area (Å²) in [5, 5.41) is 23.1. The molecule has 0 atom stereocenters. The Bertz CT molecular complexity index is 530. The van der Waals surface area contributed by atoms with Crippen molar-refractivity contribution in [3.63, 3.8) is 0 Å². The van der Waals surface area contributed by atoms with Gasteiger partial charge in [-0.1, -0.05) is 12.1 Å². The molecule has 6 heteroatoms. The Morgan fingerprint density at radius 3 is 2.80 bits per heavy atom. The number of piperidine rings is 1. The number of nitro benzene ring substituents is 1. The number of hydrogen-bond donors (Lipinski definition) is 1. The van der Waals surface area contributed by atoms with Gasteiger partial charge in [-0.15, -0.1) is 0 Å². The van der Waals surface area contributed by atoms with E-state index in [0.717, 1.165) is 25.9 Å². The van der Waals surface area contributed by atoms with Crippen molar-refractivity contribution in [3.05, 3.63) is 33.9 Å². The third kappa shape index (κ3) is 3.25. The maximum atomic E-state index is 11.1. The minimum atomic E-state index is -0.331. The van der Waals surface area contributed by atoms with Crippen LogP contribution in [0.15, 0.2) is 18.2 Å². The Morgan fingerprint density at radius 1 is 1.50 bits per heavy atom. The molecule has 0 bridgehead atoms. The number of nitro groups is 1. The Morgan fingerprint density at radius 2 is 2.20 bits per heavy atom. The van der Waals surface area contributed by atoms with Crippen molar-refractivity contribution in [2.75, 3.05) is 25.0 Å². The van der Waals surface area contributed by atoms with E-state index in [0.29, 0.717) is 17.8 Å². The third-order valence-corrected chi connectivity index (χ3v) is 3.66. The molecule has 0 aliphatic carbocycles. The van der Waals surface area contributed by atoms with Gasteiger partial charge in [0, 0.05) is 24.7 Å². The molecule has 1 heterocycles. The first-order valence-electron chi connectivity index (χ1n) is 6.71. The molecule has 0 radical (unpaired) electrons. The molecule has 1 saturated heterocycles. The van der Waals surface area contributed by atoms with Crippen LogP contribution in [0.25, 0.3) is 0 Å². The number of para-hydroxylation sites is 1. The fourth-order valence-electron chi connectivity index (χ4n) is 2.57. The van der Waals surface area contributed by atoms with Crippen molar-refractivity contribution in [1.82, 2.24) is 4.90 Å². The lowest BCUT2D eigenvalue weighted by Crippen LogP contribution is -2.39. The van der Waals surface area contributed by atoms with E-state index >= 15 is 0 Å². The van der Waals surface area contributed by atoms with Crippen molar-refractivity contribution in [2.24, 2.45) is 0 Å². The number of hydrogen-bond acceptors (Lipinski definition) is 5. The van der Waals surface area contributed by atoms with E-state index in [1.54, 1.807) is 19.1 Å². The third-order valence-electron chi connectivity index (χ3n) is 3.66. The lowest BCUT2D eigenvalue weighted by molar-refractivity contribution is -0.384. The fourth-order valence-corrected chi connectivity index (χ4v) is 2.57. The van der Waals surface area contributed by atoms with Gasteiger partial charge >= 0.3 is 0 Å². The maximum Gasteiger partial charge on any atom is 0.295 e. The second-order valence-electron chi connectivity index (χ2n) is 5.08. The van der Waals surface area contributed by atoms with Gasteiger partial charge in [-0.05, 0) is 25.8 Å². The number of aryl methyl sites for hydroxylation is 1. The van der Waals surface area contributed by atoms with Crippen LogP contribution in [-0.4, -0.2) is 35.5 Å². The van der Waals surface area contributed by atoms with E-state index in [1.807, 2.05) is 6.07 Å². The van der Waals surface area contributed by atoms with Gasteiger partial charge < -0.3 is 5.32 Å². The smallest absolute Gasteiger partial charge is 0.295 e. The summed E-state index contributed by atoms with van der Waals surface area (Å²) in [6, 6.07) is 7.71. The second-order valence-corrected chi connectivity index (χ2v) is 5.08. The number of nitrogens with zero attached hydrogens (tertiary/aromatic N) is 3. The molecule has 2 rings (SSSR count). The van der Waals surface area contributed by atoms with Gasteiger partial charge in [0.05, 0.1) is 17.5 Å². The number of nitriles is 1. The van der Waals surface area contributed by atoms with E-state index in [1.165, 1.54) is 0 Å².